The van der Waals surface area contributed by atoms with E-state index in [0.717, 1.165) is 13.1 Å². The van der Waals surface area contributed by atoms with Crippen LogP contribution >= 0.6 is 0 Å². The summed E-state index contributed by atoms with van der Waals surface area (Å²) in [5.41, 5.74) is 0. The van der Waals surface area contributed by atoms with Gasteiger partial charge in [-0.15, -0.1) is 0 Å². The summed E-state index contributed by atoms with van der Waals surface area (Å²) in [6.45, 7) is 10.3. The molecule has 0 rings (SSSR count). The van der Waals surface area contributed by atoms with Gasteiger partial charge in [0.1, 0.15) is 0 Å². The first-order chi connectivity index (χ1) is 4.20. The summed E-state index contributed by atoms with van der Waals surface area (Å²) >= 11 is 0. The van der Waals surface area contributed by atoms with E-state index in [0.29, 0.717) is 6.54 Å². The first-order valence-electron chi connectivity index (χ1n) is 3.44. The zero-order valence-electron chi connectivity index (χ0n) is 6.30. The number of hydrogen-bond acceptors (Lipinski definition) is 2. The van der Waals surface area contributed by atoms with Crippen molar-refractivity contribution in [3.05, 3.63) is 6.92 Å². The molecule has 1 N–H and O–H groups in total. The Balaban J connectivity index is 3.31. The predicted octanol–water partition coefficient (Wildman–Crippen LogP) is 0.523. The smallest absolute Gasteiger partial charge is 0.0668 e. The van der Waals surface area contributed by atoms with Crippen molar-refractivity contribution in [3.63, 3.8) is 0 Å². The van der Waals surface area contributed by atoms with Crippen LogP contribution in [0.4, 0.5) is 0 Å². The van der Waals surface area contributed by atoms with Gasteiger partial charge in [0.05, 0.1) is 6.10 Å². The third-order valence-corrected chi connectivity index (χ3v) is 1.36. The SMILES string of the molecule is [CH2][C@H](O)CN(CC)CC. The Bertz CT molecular complexity index is 59.9. The highest BCUT2D eigenvalue weighted by atomic mass is 16.3. The van der Waals surface area contributed by atoms with E-state index in [1.165, 1.54) is 0 Å². The van der Waals surface area contributed by atoms with E-state index in [4.69, 9.17) is 5.11 Å². The summed E-state index contributed by atoms with van der Waals surface area (Å²) in [5, 5.41) is 8.83. The van der Waals surface area contributed by atoms with Gasteiger partial charge in [-0.05, 0) is 20.0 Å². The van der Waals surface area contributed by atoms with Crippen molar-refractivity contribution < 1.29 is 5.11 Å². The Morgan fingerprint density at radius 1 is 1.44 bits per heavy atom. The summed E-state index contributed by atoms with van der Waals surface area (Å²) < 4.78 is 0. The second-order valence-electron chi connectivity index (χ2n) is 2.14. The lowest BCUT2D eigenvalue weighted by atomic mass is 10.3. The van der Waals surface area contributed by atoms with Crippen LogP contribution in [-0.2, 0) is 0 Å². The average molecular weight is 130 g/mol. The molecule has 9 heavy (non-hydrogen) atoms. The van der Waals surface area contributed by atoms with Crippen molar-refractivity contribution in [1.82, 2.24) is 4.90 Å². The Kier molecular flexibility index (Phi) is 4.72. The lowest BCUT2D eigenvalue weighted by Crippen LogP contribution is -2.30. The van der Waals surface area contributed by atoms with E-state index in [2.05, 4.69) is 25.7 Å². The molecule has 0 saturated carbocycles. The van der Waals surface area contributed by atoms with Gasteiger partial charge in [0.25, 0.3) is 0 Å². The highest BCUT2D eigenvalue weighted by Gasteiger charge is 2.01. The van der Waals surface area contributed by atoms with Crippen LogP contribution in [0.1, 0.15) is 13.8 Å². The molecule has 0 bridgehead atoms. The zero-order chi connectivity index (χ0) is 7.28. The summed E-state index contributed by atoms with van der Waals surface area (Å²) in [4.78, 5) is 2.14. The molecule has 0 aromatic heterocycles. The molecule has 0 amide bonds. The zero-order valence-corrected chi connectivity index (χ0v) is 6.30. The molecule has 2 nitrogen and oxygen atoms in total. The standard InChI is InChI=1S/C7H16NO/c1-4-8(5-2)6-7(3)9/h7,9H,3-6H2,1-2H3/t7-/m0/s1. The van der Waals surface area contributed by atoms with Crippen LogP contribution in [0.15, 0.2) is 0 Å². The van der Waals surface area contributed by atoms with Gasteiger partial charge >= 0.3 is 0 Å². The molecule has 55 valence electrons. The largest absolute Gasteiger partial charge is 0.392 e. The van der Waals surface area contributed by atoms with Crippen molar-refractivity contribution >= 4 is 0 Å². The van der Waals surface area contributed by atoms with E-state index >= 15 is 0 Å². The van der Waals surface area contributed by atoms with Crippen molar-refractivity contribution in [1.29, 1.82) is 0 Å². The number of aliphatic hydroxyl groups is 1. The molecule has 0 heterocycles. The molecule has 1 atom stereocenters. The Morgan fingerprint density at radius 2 is 1.89 bits per heavy atom. The fourth-order valence-corrected chi connectivity index (χ4v) is 0.780. The average Bonchev–Trinajstić information content (AvgIpc) is 1.82. The number of hydrogen-bond donors (Lipinski definition) is 1. The first kappa shape index (κ1) is 8.92. The molecule has 2 heteroatoms. The van der Waals surface area contributed by atoms with Gasteiger partial charge in [0, 0.05) is 6.54 Å². The summed E-state index contributed by atoms with van der Waals surface area (Å²) in [6.07, 6.45) is -0.440. The fraction of sp³-hybridized carbons (Fsp3) is 0.857. The molecule has 0 aliphatic heterocycles. The van der Waals surface area contributed by atoms with Gasteiger partial charge in [0.2, 0.25) is 0 Å². The van der Waals surface area contributed by atoms with Crippen LogP contribution in [0.25, 0.3) is 0 Å². The Morgan fingerprint density at radius 3 is 2.00 bits per heavy atom. The van der Waals surface area contributed by atoms with Gasteiger partial charge in [-0.3, -0.25) is 0 Å². The van der Waals surface area contributed by atoms with Crippen molar-refractivity contribution in [2.45, 2.75) is 20.0 Å². The highest BCUT2D eigenvalue weighted by molar-refractivity contribution is 4.62. The highest BCUT2D eigenvalue weighted by Crippen LogP contribution is 1.88. The van der Waals surface area contributed by atoms with E-state index in [-0.39, 0.29) is 0 Å². The summed E-state index contributed by atoms with van der Waals surface area (Å²) in [7, 11) is 0. The maximum Gasteiger partial charge on any atom is 0.0668 e. The second kappa shape index (κ2) is 4.77. The van der Waals surface area contributed by atoms with Crippen LogP contribution < -0.4 is 0 Å². The molecule has 0 aliphatic rings. The van der Waals surface area contributed by atoms with Crippen LogP contribution in [0.2, 0.25) is 0 Å². The van der Waals surface area contributed by atoms with E-state index < -0.39 is 6.10 Å². The quantitative estimate of drug-likeness (QED) is 0.600. The monoisotopic (exact) mass is 130 g/mol. The molecule has 0 aliphatic carbocycles. The van der Waals surface area contributed by atoms with Crippen molar-refractivity contribution in [3.8, 4) is 0 Å². The van der Waals surface area contributed by atoms with Gasteiger partial charge in [0.15, 0.2) is 0 Å². The third-order valence-electron chi connectivity index (χ3n) is 1.36. The maximum atomic E-state index is 8.83. The minimum absolute atomic E-state index is 0.440. The maximum absolute atomic E-state index is 8.83. The predicted molar refractivity (Wildman–Crippen MR) is 39.2 cm³/mol. The minimum atomic E-state index is -0.440. The molecule has 0 unspecified atom stereocenters. The van der Waals surface area contributed by atoms with E-state index in [1.807, 2.05) is 0 Å². The number of likely N-dealkylation sites (N-methyl/N-ethyl adjacent to an activating group) is 1. The van der Waals surface area contributed by atoms with Crippen LogP contribution in [0.3, 0.4) is 0 Å². The molecular weight excluding hydrogens is 114 g/mol. The van der Waals surface area contributed by atoms with E-state index in [1.54, 1.807) is 0 Å². The number of nitrogens with zero attached hydrogens (tertiary/aromatic N) is 1. The molecule has 1 radical (unpaired) electrons. The second-order valence-corrected chi connectivity index (χ2v) is 2.14. The normalized spacial score (nSPS) is 14.3. The Labute approximate surface area is 57.5 Å². The molecule has 0 aromatic rings. The molecule has 0 saturated heterocycles. The van der Waals surface area contributed by atoms with Gasteiger partial charge in [-0.25, -0.2) is 0 Å². The van der Waals surface area contributed by atoms with Gasteiger partial charge in [-0.2, -0.15) is 0 Å². The lowest BCUT2D eigenvalue weighted by molar-refractivity contribution is 0.152. The first-order valence-corrected chi connectivity index (χ1v) is 3.44. The van der Waals surface area contributed by atoms with Gasteiger partial charge in [-0.1, -0.05) is 13.8 Å². The van der Waals surface area contributed by atoms with Crippen molar-refractivity contribution in [2.75, 3.05) is 19.6 Å². The third kappa shape index (κ3) is 4.43. The minimum Gasteiger partial charge on any atom is -0.392 e. The van der Waals surface area contributed by atoms with Crippen LogP contribution in [0.5, 0.6) is 0 Å². The van der Waals surface area contributed by atoms with E-state index in [9.17, 15) is 0 Å². The summed E-state index contributed by atoms with van der Waals surface area (Å²) in [6, 6.07) is 0. The topological polar surface area (TPSA) is 23.5 Å². The van der Waals surface area contributed by atoms with Crippen molar-refractivity contribution in [2.24, 2.45) is 0 Å². The fourth-order valence-electron chi connectivity index (χ4n) is 0.780. The Hall–Kier alpha value is -0.0800. The number of rotatable bonds is 4. The number of aliphatic hydroxyl groups excluding tert-OH is 1. The molecule has 0 spiro atoms. The van der Waals surface area contributed by atoms with Crippen LogP contribution in [-0.4, -0.2) is 35.7 Å². The van der Waals surface area contributed by atoms with Crippen LogP contribution in [0, 0.1) is 6.92 Å². The summed E-state index contributed by atoms with van der Waals surface area (Å²) in [5.74, 6) is 0. The lowest BCUT2D eigenvalue weighted by Gasteiger charge is -2.18. The molecule has 0 fully saturated rings. The molecule has 0 aromatic carbocycles. The molecular formula is C7H16NO. The van der Waals surface area contributed by atoms with Gasteiger partial charge < -0.3 is 10.0 Å².